The van der Waals surface area contributed by atoms with Crippen molar-refractivity contribution in [3.8, 4) is 17.1 Å². The molecule has 0 amide bonds. The number of aromatic nitrogens is 6. The topological polar surface area (TPSA) is 114 Å². The fourth-order valence-corrected chi connectivity index (χ4v) is 2.94. The summed E-state index contributed by atoms with van der Waals surface area (Å²) in [5.41, 5.74) is 8.12. The van der Waals surface area contributed by atoms with Crippen molar-refractivity contribution in [1.29, 1.82) is 0 Å². The summed E-state index contributed by atoms with van der Waals surface area (Å²) in [5, 5.41) is 9.08. The quantitative estimate of drug-likeness (QED) is 0.580. The van der Waals surface area contributed by atoms with Crippen LogP contribution in [0.4, 0.5) is 5.95 Å². The molecule has 0 fully saturated rings. The van der Waals surface area contributed by atoms with E-state index < -0.39 is 0 Å². The van der Waals surface area contributed by atoms with Gasteiger partial charge in [0, 0.05) is 24.2 Å². The van der Waals surface area contributed by atoms with Crippen molar-refractivity contribution in [1.82, 2.24) is 29.5 Å². The van der Waals surface area contributed by atoms with Gasteiger partial charge in [-0.2, -0.15) is 0 Å². The third kappa shape index (κ3) is 2.99. The van der Waals surface area contributed by atoms with Gasteiger partial charge in [-0.3, -0.25) is 4.79 Å². The number of ether oxygens (including phenoxy) is 1. The van der Waals surface area contributed by atoms with Crippen molar-refractivity contribution < 1.29 is 4.74 Å². The Labute approximate surface area is 154 Å². The summed E-state index contributed by atoms with van der Waals surface area (Å²) < 4.78 is 8.48. The zero-order valence-electron chi connectivity index (χ0n) is 14.8. The maximum Gasteiger partial charge on any atom is 0.255 e. The second-order valence-electron chi connectivity index (χ2n) is 6.04. The Bertz CT molecular complexity index is 1200. The Morgan fingerprint density at radius 3 is 2.85 bits per heavy atom. The van der Waals surface area contributed by atoms with E-state index in [2.05, 4.69) is 20.3 Å². The highest BCUT2D eigenvalue weighted by Crippen LogP contribution is 2.30. The number of methoxy groups -OCH3 is 1. The summed E-state index contributed by atoms with van der Waals surface area (Å²) in [6, 6.07) is 9.12. The molecule has 0 saturated carbocycles. The summed E-state index contributed by atoms with van der Waals surface area (Å²) in [6.45, 7) is 0.308. The molecule has 0 atom stereocenters. The molecule has 0 saturated heterocycles. The molecule has 2 N–H and O–H groups in total. The van der Waals surface area contributed by atoms with E-state index >= 15 is 0 Å². The molecule has 0 aliphatic rings. The van der Waals surface area contributed by atoms with Gasteiger partial charge in [-0.05, 0) is 12.1 Å². The molecule has 0 unspecified atom stereocenters. The summed E-state index contributed by atoms with van der Waals surface area (Å²) in [5.74, 6) is 0.719. The molecule has 4 aromatic rings. The van der Waals surface area contributed by atoms with Crippen LogP contribution in [0.1, 0.15) is 5.56 Å². The van der Waals surface area contributed by atoms with Crippen molar-refractivity contribution in [2.24, 2.45) is 7.05 Å². The molecule has 3 aromatic heterocycles. The van der Waals surface area contributed by atoms with Crippen molar-refractivity contribution in [3.05, 3.63) is 58.6 Å². The number of anilines is 1. The molecule has 136 valence electrons. The van der Waals surface area contributed by atoms with Gasteiger partial charge < -0.3 is 15.0 Å². The average Bonchev–Trinajstić information content (AvgIpc) is 3.12. The minimum Gasteiger partial charge on any atom is -0.494 e. The lowest BCUT2D eigenvalue weighted by Gasteiger charge is -2.07. The minimum atomic E-state index is -0.0731. The number of fused-ring (bicyclic) bond motifs is 1. The van der Waals surface area contributed by atoms with Crippen LogP contribution < -0.4 is 16.0 Å². The number of nitrogens with two attached hydrogens (primary N) is 1. The zero-order valence-corrected chi connectivity index (χ0v) is 14.8. The highest BCUT2D eigenvalue weighted by molar-refractivity contribution is 5.95. The third-order valence-electron chi connectivity index (χ3n) is 4.24. The molecule has 0 spiro atoms. The van der Waals surface area contributed by atoms with Gasteiger partial charge in [-0.15, -0.1) is 5.10 Å². The fraction of sp³-hybridized carbons (Fsp3) is 0.167. The van der Waals surface area contributed by atoms with Crippen LogP contribution in [0.25, 0.3) is 22.3 Å². The molecule has 1 aromatic carbocycles. The Morgan fingerprint density at radius 1 is 1.19 bits per heavy atom. The van der Waals surface area contributed by atoms with E-state index in [0.717, 1.165) is 5.39 Å². The van der Waals surface area contributed by atoms with Crippen molar-refractivity contribution in [2.45, 2.75) is 6.54 Å². The molecule has 9 nitrogen and oxygen atoms in total. The number of pyridine rings is 1. The van der Waals surface area contributed by atoms with Crippen molar-refractivity contribution in [3.63, 3.8) is 0 Å². The van der Waals surface area contributed by atoms with E-state index in [9.17, 15) is 4.79 Å². The second kappa shape index (κ2) is 6.52. The first-order valence-electron chi connectivity index (χ1n) is 8.22. The highest BCUT2D eigenvalue weighted by atomic mass is 16.5. The number of nitrogen functional groups attached to an aromatic ring is 1. The van der Waals surface area contributed by atoms with E-state index in [0.29, 0.717) is 34.8 Å². The molecule has 0 radical (unpaired) electrons. The van der Waals surface area contributed by atoms with E-state index in [1.165, 1.54) is 4.57 Å². The van der Waals surface area contributed by atoms with E-state index in [-0.39, 0.29) is 11.5 Å². The molecular formula is C18H17N7O2. The zero-order chi connectivity index (χ0) is 19.0. The Kier molecular flexibility index (Phi) is 4.03. The Hall–Kier alpha value is -3.75. The van der Waals surface area contributed by atoms with Crippen molar-refractivity contribution in [2.75, 3.05) is 12.8 Å². The fourth-order valence-electron chi connectivity index (χ4n) is 2.94. The summed E-state index contributed by atoms with van der Waals surface area (Å²) in [4.78, 5) is 20.8. The molecular weight excluding hydrogens is 346 g/mol. The highest BCUT2D eigenvalue weighted by Gasteiger charge is 2.15. The van der Waals surface area contributed by atoms with Crippen LogP contribution in [0.5, 0.6) is 5.75 Å². The van der Waals surface area contributed by atoms with Gasteiger partial charge in [0.15, 0.2) is 0 Å². The van der Waals surface area contributed by atoms with Crippen LogP contribution >= 0.6 is 0 Å². The van der Waals surface area contributed by atoms with Crippen LogP contribution in [-0.4, -0.2) is 36.6 Å². The molecule has 0 aliphatic carbocycles. The minimum absolute atomic E-state index is 0.0731. The van der Waals surface area contributed by atoms with Gasteiger partial charge in [0.2, 0.25) is 5.95 Å². The number of rotatable bonds is 4. The average molecular weight is 363 g/mol. The van der Waals surface area contributed by atoms with Gasteiger partial charge in [-0.1, -0.05) is 23.4 Å². The Balaban J connectivity index is 1.78. The van der Waals surface area contributed by atoms with Crippen LogP contribution in [0, 0.1) is 0 Å². The monoisotopic (exact) mass is 363 g/mol. The molecule has 4 rings (SSSR count). The normalized spacial score (nSPS) is 11.0. The van der Waals surface area contributed by atoms with Gasteiger partial charge >= 0.3 is 0 Å². The molecule has 0 bridgehead atoms. The predicted octanol–water partition coefficient (Wildman–Crippen LogP) is 1.23. The largest absolute Gasteiger partial charge is 0.494 e. The third-order valence-corrected chi connectivity index (χ3v) is 4.24. The summed E-state index contributed by atoms with van der Waals surface area (Å²) in [7, 11) is 3.28. The van der Waals surface area contributed by atoms with Gasteiger partial charge in [-0.25, -0.2) is 14.6 Å². The first-order valence-corrected chi connectivity index (χ1v) is 8.22. The van der Waals surface area contributed by atoms with Crippen LogP contribution in [-0.2, 0) is 13.6 Å². The predicted molar refractivity (Wildman–Crippen MR) is 100 cm³/mol. The van der Waals surface area contributed by atoms with Crippen molar-refractivity contribution >= 4 is 16.9 Å². The van der Waals surface area contributed by atoms with Gasteiger partial charge in [0.25, 0.3) is 5.56 Å². The number of hydrogen-bond acceptors (Lipinski definition) is 7. The van der Waals surface area contributed by atoms with E-state index in [1.54, 1.807) is 43.4 Å². The summed E-state index contributed by atoms with van der Waals surface area (Å²) in [6.07, 6.45) is 3.44. The lowest BCUT2D eigenvalue weighted by atomic mass is 10.1. The Morgan fingerprint density at radius 2 is 2.04 bits per heavy atom. The first kappa shape index (κ1) is 16.7. The molecule has 9 heteroatoms. The SMILES string of the molecule is COc1cccc2c(-c3cn(Cc4cccn(C)c4=O)nn3)nc(N)nc12. The number of aryl methyl sites for hydroxylation is 1. The first-order chi connectivity index (χ1) is 13.1. The number of benzene rings is 1. The van der Waals surface area contributed by atoms with Gasteiger partial charge in [0.1, 0.15) is 22.7 Å². The van der Waals surface area contributed by atoms with E-state index in [1.807, 2.05) is 18.2 Å². The smallest absolute Gasteiger partial charge is 0.255 e. The number of hydrogen-bond donors (Lipinski definition) is 1. The second-order valence-corrected chi connectivity index (χ2v) is 6.04. The molecule has 0 aliphatic heterocycles. The maximum atomic E-state index is 12.2. The molecule has 27 heavy (non-hydrogen) atoms. The van der Waals surface area contributed by atoms with Gasteiger partial charge in [0.05, 0.1) is 19.9 Å². The lowest BCUT2D eigenvalue weighted by molar-refractivity contribution is 0.419. The summed E-state index contributed by atoms with van der Waals surface area (Å²) >= 11 is 0. The van der Waals surface area contributed by atoms with Crippen LogP contribution in [0.3, 0.4) is 0 Å². The lowest BCUT2D eigenvalue weighted by Crippen LogP contribution is -2.21. The standard InChI is InChI=1S/C18H17N7O2/c1-24-8-4-5-11(17(24)26)9-25-10-13(22-23-25)15-12-6-3-7-14(27-2)16(12)21-18(19)20-15/h3-8,10H,9H2,1-2H3,(H2,19,20,21). The van der Waals surface area contributed by atoms with Crippen LogP contribution in [0.15, 0.2) is 47.5 Å². The van der Waals surface area contributed by atoms with E-state index in [4.69, 9.17) is 10.5 Å². The maximum absolute atomic E-state index is 12.2. The number of para-hydroxylation sites is 1. The number of nitrogens with zero attached hydrogens (tertiary/aromatic N) is 6. The van der Waals surface area contributed by atoms with Crippen LogP contribution in [0.2, 0.25) is 0 Å². The molecule has 3 heterocycles.